The Bertz CT molecular complexity index is 885. The van der Waals surface area contributed by atoms with Crippen LogP contribution in [0.4, 0.5) is 0 Å². The van der Waals surface area contributed by atoms with E-state index >= 15 is 0 Å². The second-order valence-corrected chi connectivity index (χ2v) is 9.90. The van der Waals surface area contributed by atoms with E-state index in [1.54, 1.807) is 12.1 Å². The van der Waals surface area contributed by atoms with Crippen molar-refractivity contribution in [2.45, 2.75) is 4.90 Å². The highest BCUT2D eigenvalue weighted by Crippen LogP contribution is 2.64. The van der Waals surface area contributed by atoms with Crippen LogP contribution in [0, 0.1) is 0 Å². The Morgan fingerprint density at radius 2 is 1.32 bits per heavy atom. The maximum absolute atomic E-state index is 11.1. The summed E-state index contributed by atoms with van der Waals surface area (Å²) in [6.45, 7) is 0. The number of hydrogen-bond acceptors (Lipinski definition) is 8. The molecule has 0 saturated carbocycles. The molecule has 1 aliphatic rings. The standard InChI is InChI=1S/C7H5NO3S.H5O10P3/c9-7-5-3-1-2-4-6(5)12(10,11)8-7;1-11(2,3)9-13(7,8)10-12(4,5)6/h1-4H,(H,8,9);(H,7,8)(H2,1,2,3)(H2,4,5,6). The lowest BCUT2D eigenvalue weighted by molar-refractivity contribution is 0.0984. The Morgan fingerprint density at radius 3 is 1.72 bits per heavy atom. The second-order valence-electron chi connectivity index (χ2n) is 4.04. The smallest absolute Gasteiger partial charge is 0.302 e. The number of carbonyl (C=O) groups excluding carboxylic acids is 1. The van der Waals surface area contributed by atoms with Crippen molar-refractivity contribution in [3.8, 4) is 0 Å². The van der Waals surface area contributed by atoms with E-state index in [4.69, 9.17) is 24.5 Å². The third-order valence-electron chi connectivity index (χ3n) is 2.07. The lowest BCUT2D eigenvalue weighted by Crippen LogP contribution is -2.20. The SMILES string of the molecule is O=C1NS(=O)(=O)c2ccccc21.O=P(O)(O)OP(=O)(O)OP(=O)(O)O. The van der Waals surface area contributed by atoms with Crippen LogP contribution >= 0.6 is 23.5 Å². The first-order valence-electron chi connectivity index (χ1n) is 5.55. The lowest BCUT2D eigenvalue weighted by atomic mass is 10.2. The summed E-state index contributed by atoms with van der Waals surface area (Å²) in [5.74, 6) is -0.550. The molecule has 6 N–H and O–H groups in total. The number of rotatable bonds is 4. The number of sulfonamides is 1. The minimum absolute atomic E-state index is 0.0648. The van der Waals surface area contributed by atoms with Crippen LogP contribution in [-0.4, -0.2) is 38.8 Å². The molecule has 2 rings (SSSR count). The Labute approximate surface area is 139 Å². The lowest BCUT2D eigenvalue weighted by Gasteiger charge is -2.11. The van der Waals surface area contributed by atoms with E-state index in [0.717, 1.165) is 0 Å². The Balaban J connectivity index is 0.000000250. The number of hydrogen-bond donors (Lipinski definition) is 6. The van der Waals surface area contributed by atoms with Gasteiger partial charge in [-0.3, -0.25) is 4.79 Å². The highest BCUT2D eigenvalue weighted by atomic mass is 32.2. The van der Waals surface area contributed by atoms with E-state index in [-0.39, 0.29) is 10.5 Å². The Kier molecular flexibility index (Phi) is 6.49. The molecule has 0 unspecified atom stereocenters. The minimum atomic E-state index is -5.46. The minimum Gasteiger partial charge on any atom is -0.302 e. The summed E-state index contributed by atoms with van der Waals surface area (Å²) in [5, 5.41) is 0. The predicted octanol–water partition coefficient (Wildman–Crippen LogP) is -0.576. The van der Waals surface area contributed by atoms with Crippen LogP contribution < -0.4 is 4.72 Å². The zero-order valence-electron chi connectivity index (χ0n) is 11.6. The molecule has 18 heteroatoms. The van der Waals surface area contributed by atoms with Crippen molar-refractivity contribution in [1.29, 1.82) is 0 Å². The summed E-state index contributed by atoms with van der Waals surface area (Å²) in [6.07, 6.45) is 0. The van der Waals surface area contributed by atoms with Crippen LogP contribution in [0.15, 0.2) is 29.2 Å². The van der Waals surface area contributed by atoms with E-state index in [2.05, 4.69) is 8.62 Å². The largest absolute Gasteiger partial charge is 0.490 e. The quantitative estimate of drug-likeness (QED) is 0.321. The average molecular weight is 441 g/mol. The molecule has 0 saturated heterocycles. The first-order valence-corrected chi connectivity index (χ1v) is 11.6. The van der Waals surface area contributed by atoms with Crippen molar-refractivity contribution in [1.82, 2.24) is 4.72 Å². The van der Waals surface area contributed by atoms with Crippen molar-refractivity contribution >= 4 is 39.4 Å². The van der Waals surface area contributed by atoms with Crippen molar-refractivity contribution in [3.63, 3.8) is 0 Å². The molecule has 1 aromatic carbocycles. The van der Waals surface area contributed by atoms with Gasteiger partial charge in [0.15, 0.2) is 0 Å². The average Bonchev–Trinajstić information content (AvgIpc) is 2.55. The third kappa shape index (κ3) is 7.44. The van der Waals surface area contributed by atoms with Crippen LogP contribution in [0.3, 0.4) is 0 Å². The van der Waals surface area contributed by atoms with Gasteiger partial charge in [0.05, 0.1) is 5.56 Å². The van der Waals surface area contributed by atoms with Gasteiger partial charge in [0.25, 0.3) is 15.9 Å². The molecule has 0 spiro atoms. The number of amides is 1. The monoisotopic (exact) mass is 441 g/mol. The fraction of sp³-hybridized carbons (Fsp3) is 0. The van der Waals surface area contributed by atoms with Gasteiger partial charge in [-0.1, -0.05) is 12.1 Å². The van der Waals surface area contributed by atoms with E-state index in [9.17, 15) is 26.9 Å². The summed E-state index contributed by atoms with van der Waals surface area (Å²) < 4.78 is 60.5. The summed E-state index contributed by atoms with van der Waals surface area (Å²) >= 11 is 0. The fourth-order valence-corrected chi connectivity index (χ4v) is 5.11. The van der Waals surface area contributed by atoms with Crippen LogP contribution in [-0.2, 0) is 32.3 Å². The molecule has 0 bridgehead atoms. The number of phosphoric acid groups is 3. The molecular weight excluding hydrogens is 431 g/mol. The van der Waals surface area contributed by atoms with E-state index in [0.29, 0.717) is 0 Å². The Morgan fingerprint density at radius 1 is 0.880 bits per heavy atom. The summed E-state index contributed by atoms with van der Waals surface area (Å²) in [7, 11) is -19.7. The van der Waals surface area contributed by atoms with E-state index < -0.39 is 39.4 Å². The number of fused-ring (bicyclic) bond motifs is 1. The van der Waals surface area contributed by atoms with Gasteiger partial charge < -0.3 is 24.5 Å². The van der Waals surface area contributed by atoms with Gasteiger partial charge in [0, 0.05) is 0 Å². The number of nitrogens with one attached hydrogen (secondary N) is 1. The van der Waals surface area contributed by atoms with Crippen LogP contribution in [0.5, 0.6) is 0 Å². The van der Waals surface area contributed by atoms with Gasteiger partial charge >= 0.3 is 23.5 Å². The first-order chi connectivity index (χ1) is 11.0. The maximum atomic E-state index is 11.1. The molecule has 1 amide bonds. The summed E-state index contributed by atoms with van der Waals surface area (Å²) in [4.78, 5) is 51.3. The predicted molar refractivity (Wildman–Crippen MR) is 77.2 cm³/mol. The topological polar surface area (TPSA) is 234 Å². The summed E-state index contributed by atoms with van der Waals surface area (Å²) in [6, 6.07) is 6.09. The molecule has 1 aromatic rings. The van der Waals surface area contributed by atoms with Gasteiger partial charge in [0.1, 0.15) is 4.90 Å². The highest BCUT2D eigenvalue weighted by Gasteiger charge is 2.38. The molecule has 0 aromatic heterocycles. The number of benzene rings is 1. The first kappa shape index (κ1) is 22.1. The van der Waals surface area contributed by atoms with Gasteiger partial charge in [-0.15, -0.1) is 0 Å². The zero-order chi connectivity index (χ0) is 19.7. The molecule has 25 heavy (non-hydrogen) atoms. The maximum Gasteiger partial charge on any atom is 0.490 e. The fourth-order valence-electron chi connectivity index (χ4n) is 1.40. The van der Waals surface area contributed by atoms with Crippen LogP contribution in [0.1, 0.15) is 10.4 Å². The molecule has 1 aliphatic heterocycles. The summed E-state index contributed by atoms with van der Waals surface area (Å²) in [5.41, 5.74) is 0.220. The van der Waals surface area contributed by atoms with Crippen LogP contribution in [0.25, 0.3) is 0 Å². The van der Waals surface area contributed by atoms with Crippen molar-refractivity contribution in [2.75, 3.05) is 0 Å². The molecular formula is C7H10NO13P3S. The molecule has 142 valence electrons. The molecule has 0 aliphatic carbocycles. The number of carbonyl (C=O) groups is 1. The van der Waals surface area contributed by atoms with Crippen molar-refractivity contribution in [3.05, 3.63) is 29.8 Å². The molecule has 0 atom stereocenters. The van der Waals surface area contributed by atoms with Crippen molar-refractivity contribution in [2.24, 2.45) is 0 Å². The third-order valence-corrected chi connectivity index (χ3v) is 6.81. The molecule has 0 fully saturated rings. The normalized spacial score (nSPS) is 16.4. The van der Waals surface area contributed by atoms with Crippen molar-refractivity contribution < 1.29 is 60.0 Å². The van der Waals surface area contributed by atoms with Gasteiger partial charge in [-0.2, -0.15) is 8.62 Å². The zero-order valence-corrected chi connectivity index (χ0v) is 15.1. The van der Waals surface area contributed by atoms with E-state index in [1.807, 2.05) is 4.72 Å². The van der Waals surface area contributed by atoms with Crippen LogP contribution in [0.2, 0.25) is 0 Å². The molecule has 1 heterocycles. The Hall–Kier alpha value is -0.950. The molecule has 0 radical (unpaired) electrons. The van der Waals surface area contributed by atoms with Gasteiger partial charge in [0.2, 0.25) is 0 Å². The van der Waals surface area contributed by atoms with Gasteiger partial charge in [-0.25, -0.2) is 26.8 Å². The second kappa shape index (κ2) is 7.35. The van der Waals surface area contributed by atoms with E-state index in [1.165, 1.54) is 12.1 Å². The highest BCUT2D eigenvalue weighted by molar-refractivity contribution is 7.90. The molecule has 14 nitrogen and oxygen atoms in total. The van der Waals surface area contributed by atoms with Gasteiger partial charge in [-0.05, 0) is 12.1 Å².